The van der Waals surface area contributed by atoms with Crippen LogP contribution < -0.4 is 10.1 Å². The Kier molecular flexibility index (Phi) is 30.2. The minimum absolute atomic E-state index is 0.0474. The molecular formula is C23H45NO4. The van der Waals surface area contributed by atoms with E-state index in [2.05, 4.69) is 36.0 Å². The van der Waals surface area contributed by atoms with Crippen LogP contribution in [0.5, 0.6) is 5.75 Å². The molecule has 0 saturated heterocycles. The molecule has 5 heteroatoms. The lowest BCUT2D eigenvalue weighted by atomic mass is 10.0. The van der Waals surface area contributed by atoms with Gasteiger partial charge in [-0.15, -0.1) is 0 Å². The van der Waals surface area contributed by atoms with E-state index < -0.39 is 0 Å². The molecule has 1 N–H and O–H groups in total. The number of Topliss-reactive ketones (excluding diaryl/α,β-unsaturated/α-hetero) is 1. The predicted octanol–water partition coefficient (Wildman–Crippen LogP) is 5.54. The number of nitrogens with one attached hydrogen (secondary N) is 1. The summed E-state index contributed by atoms with van der Waals surface area (Å²) in [5, 5.41) is 2.40. The maximum Gasteiger partial charge on any atom is 0.245 e. The number of ether oxygens (including phenoxy) is 2. The molecule has 0 radical (unpaired) electrons. The van der Waals surface area contributed by atoms with Crippen LogP contribution in [-0.4, -0.2) is 39.1 Å². The first-order valence-corrected chi connectivity index (χ1v) is 10.2. The first-order valence-electron chi connectivity index (χ1n) is 10.2. The Labute approximate surface area is 174 Å². The second-order valence-electron chi connectivity index (χ2n) is 5.29. The van der Waals surface area contributed by atoms with Gasteiger partial charge >= 0.3 is 0 Å². The summed E-state index contributed by atoms with van der Waals surface area (Å²) in [6, 6.07) is 6.11. The van der Waals surface area contributed by atoms with Gasteiger partial charge in [0, 0.05) is 14.2 Å². The number of hydrogen-bond acceptors (Lipinski definition) is 4. The number of carbonyl (C=O) groups is 2. The molecule has 166 valence electrons. The van der Waals surface area contributed by atoms with Gasteiger partial charge in [0.2, 0.25) is 5.91 Å². The largest absolute Gasteiger partial charge is 0.486 e. The molecule has 0 aliphatic carbocycles. The van der Waals surface area contributed by atoms with Crippen molar-refractivity contribution in [3.05, 3.63) is 29.3 Å². The topological polar surface area (TPSA) is 64.6 Å². The highest BCUT2D eigenvalue weighted by Crippen LogP contribution is 2.27. The summed E-state index contributed by atoms with van der Waals surface area (Å²) >= 11 is 0. The van der Waals surface area contributed by atoms with Gasteiger partial charge in [0.15, 0.2) is 5.78 Å². The molecular weight excluding hydrogens is 354 g/mol. The summed E-state index contributed by atoms with van der Waals surface area (Å²) in [4.78, 5) is 21.0. The van der Waals surface area contributed by atoms with Crippen molar-refractivity contribution in [2.75, 3.05) is 27.4 Å². The zero-order valence-corrected chi connectivity index (χ0v) is 20.4. The summed E-state index contributed by atoms with van der Waals surface area (Å²) in [6.45, 7) is 20.1. The first kappa shape index (κ1) is 33.7. The van der Waals surface area contributed by atoms with Crippen molar-refractivity contribution in [1.29, 1.82) is 0 Å². The molecule has 28 heavy (non-hydrogen) atoms. The molecule has 0 saturated carbocycles. The second kappa shape index (κ2) is 25.1. The van der Waals surface area contributed by atoms with Crippen molar-refractivity contribution in [2.45, 2.75) is 75.2 Å². The lowest BCUT2D eigenvalue weighted by Crippen LogP contribution is -2.22. The van der Waals surface area contributed by atoms with Gasteiger partial charge in [-0.1, -0.05) is 67.5 Å². The fourth-order valence-electron chi connectivity index (χ4n) is 1.63. The Morgan fingerprint density at radius 3 is 1.82 bits per heavy atom. The fourth-order valence-corrected chi connectivity index (χ4v) is 1.63. The SMILES string of the molecule is CC.CC.CC.CC(=O)COc1cc(C)ccc1C(C)C.CNC(=O)COC. The number of hydrogen-bond donors (Lipinski definition) is 1. The van der Waals surface area contributed by atoms with Crippen LogP contribution in [0.15, 0.2) is 18.2 Å². The molecule has 1 aromatic carbocycles. The first-order chi connectivity index (χ1) is 13.3. The fraction of sp³-hybridized carbons (Fsp3) is 0.652. The molecule has 0 aromatic heterocycles. The molecule has 1 aromatic rings. The van der Waals surface area contributed by atoms with E-state index in [-0.39, 0.29) is 24.9 Å². The monoisotopic (exact) mass is 399 g/mol. The van der Waals surface area contributed by atoms with E-state index >= 15 is 0 Å². The van der Waals surface area contributed by atoms with Crippen molar-refractivity contribution >= 4 is 11.7 Å². The minimum atomic E-state index is -0.0949. The molecule has 0 spiro atoms. The molecule has 0 bridgehead atoms. The average Bonchev–Trinajstić information content (AvgIpc) is 2.71. The Balaban J connectivity index is -0.000000187. The molecule has 1 amide bonds. The molecule has 0 unspecified atom stereocenters. The van der Waals surface area contributed by atoms with Crippen LogP contribution in [-0.2, 0) is 14.3 Å². The van der Waals surface area contributed by atoms with Crippen LogP contribution >= 0.6 is 0 Å². The van der Waals surface area contributed by atoms with Gasteiger partial charge in [-0.05, 0) is 37.0 Å². The zero-order chi connectivity index (χ0) is 23.1. The number of amides is 1. The number of aryl methyl sites for hydroxylation is 1. The number of likely N-dealkylation sites (N-methyl/N-ethyl adjacent to an activating group) is 1. The van der Waals surface area contributed by atoms with Crippen LogP contribution in [0.3, 0.4) is 0 Å². The summed E-state index contributed by atoms with van der Waals surface area (Å²) in [6.07, 6.45) is 0. The summed E-state index contributed by atoms with van der Waals surface area (Å²) in [7, 11) is 3.05. The van der Waals surface area contributed by atoms with Crippen molar-refractivity contribution in [1.82, 2.24) is 5.32 Å². The van der Waals surface area contributed by atoms with Gasteiger partial charge in [0.1, 0.15) is 19.0 Å². The van der Waals surface area contributed by atoms with E-state index in [9.17, 15) is 9.59 Å². The van der Waals surface area contributed by atoms with Gasteiger partial charge in [-0.3, -0.25) is 9.59 Å². The number of benzene rings is 1. The second-order valence-corrected chi connectivity index (χ2v) is 5.29. The van der Waals surface area contributed by atoms with Crippen LogP contribution in [0.25, 0.3) is 0 Å². The van der Waals surface area contributed by atoms with Gasteiger partial charge in [-0.2, -0.15) is 0 Å². The number of ketones is 1. The Hall–Kier alpha value is -1.88. The van der Waals surface area contributed by atoms with E-state index in [0.717, 1.165) is 16.9 Å². The van der Waals surface area contributed by atoms with Crippen LogP contribution in [0, 0.1) is 6.92 Å². The molecule has 1 rings (SSSR count). The van der Waals surface area contributed by atoms with Crippen molar-refractivity contribution < 1.29 is 19.1 Å². The Bertz CT molecular complexity index is 485. The quantitative estimate of drug-likeness (QED) is 0.682. The minimum Gasteiger partial charge on any atom is -0.486 e. The third-order valence-corrected chi connectivity index (χ3v) is 2.78. The summed E-state index contributed by atoms with van der Waals surface area (Å²) in [5.74, 6) is 1.20. The van der Waals surface area contributed by atoms with Gasteiger partial charge < -0.3 is 14.8 Å². The highest BCUT2D eigenvalue weighted by Gasteiger charge is 2.08. The van der Waals surface area contributed by atoms with E-state index in [0.29, 0.717) is 5.92 Å². The van der Waals surface area contributed by atoms with E-state index in [1.807, 2.05) is 54.5 Å². The van der Waals surface area contributed by atoms with Crippen molar-refractivity contribution in [3.63, 3.8) is 0 Å². The highest BCUT2D eigenvalue weighted by molar-refractivity contribution is 5.77. The van der Waals surface area contributed by atoms with Crippen molar-refractivity contribution in [3.8, 4) is 5.75 Å². The van der Waals surface area contributed by atoms with Gasteiger partial charge in [0.25, 0.3) is 0 Å². The predicted molar refractivity (Wildman–Crippen MR) is 121 cm³/mol. The summed E-state index contributed by atoms with van der Waals surface area (Å²) < 4.78 is 9.97. The van der Waals surface area contributed by atoms with Crippen LogP contribution in [0.2, 0.25) is 0 Å². The van der Waals surface area contributed by atoms with E-state index in [1.165, 1.54) is 14.0 Å². The van der Waals surface area contributed by atoms with E-state index in [4.69, 9.17) is 4.74 Å². The lowest BCUT2D eigenvalue weighted by molar-refractivity contribution is -0.124. The molecule has 5 nitrogen and oxygen atoms in total. The van der Waals surface area contributed by atoms with Gasteiger partial charge in [0.05, 0.1) is 0 Å². The molecule has 0 fully saturated rings. The maximum absolute atomic E-state index is 10.9. The highest BCUT2D eigenvalue weighted by atomic mass is 16.5. The number of rotatable bonds is 6. The van der Waals surface area contributed by atoms with E-state index in [1.54, 1.807) is 7.05 Å². The van der Waals surface area contributed by atoms with Crippen LogP contribution in [0.1, 0.15) is 79.4 Å². The maximum atomic E-state index is 10.9. The average molecular weight is 400 g/mol. The Morgan fingerprint density at radius 2 is 1.50 bits per heavy atom. The normalized spacial score (nSPS) is 8.32. The molecule has 0 heterocycles. The Morgan fingerprint density at radius 1 is 1.00 bits per heavy atom. The molecule has 0 aliphatic rings. The van der Waals surface area contributed by atoms with Crippen molar-refractivity contribution in [2.24, 2.45) is 0 Å². The third-order valence-electron chi connectivity index (χ3n) is 2.78. The van der Waals surface area contributed by atoms with Gasteiger partial charge in [-0.25, -0.2) is 0 Å². The smallest absolute Gasteiger partial charge is 0.245 e. The number of methoxy groups -OCH3 is 1. The molecule has 0 atom stereocenters. The summed E-state index contributed by atoms with van der Waals surface area (Å²) in [5.41, 5.74) is 2.31. The van der Waals surface area contributed by atoms with Crippen LogP contribution in [0.4, 0.5) is 0 Å². The number of carbonyl (C=O) groups excluding carboxylic acids is 2. The zero-order valence-electron chi connectivity index (χ0n) is 20.4. The third kappa shape index (κ3) is 20.4. The lowest BCUT2D eigenvalue weighted by Gasteiger charge is -2.13. The standard InChI is InChI=1S/C13H18O2.C4H9NO2.3C2H6/c1-9(2)12-6-5-10(3)7-13(12)15-8-11(4)14;1-5-4(6)3-7-2;3*1-2/h5-7,9H,8H2,1-4H3;3H2,1-2H3,(H,5,6);3*1-2H3. The molecule has 0 aliphatic heterocycles.